The van der Waals surface area contributed by atoms with Crippen molar-refractivity contribution in [2.24, 2.45) is 5.73 Å². The van der Waals surface area contributed by atoms with Gasteiger partial charge in [-0.25, -0.2) is 0 Å². The fourth-order valence-corrected chi connectivity index (χ4v) is 2.77. The summed E-state index contributed by atoms with van der Waals surface area (Å²) in [4.78, 5) is 2.22. The van der Waals surface area contributed by atoms with Gasteiger partial charge in [0.15, 0.2) is 0 Å². The van der Waals surface area contributed by atoms with Gasteiger partial charge in [-0.2, -0.15) is 0 Å². The first-order valence-corrected chi connectivity index (χ1v) is 7.35. The Kier molecular flexibility index (Phi) is 6.63. The summed E-state index contributed by atoms with van der Waals surface area (Å²) in [6.45, 7) is 7.02. The fraction of sp³-hybridized carbons (Fsp3) is 0.600. The number of hydrogen-bond donors (Lipinski definition) is 2. The Morgan fingerprint density at radius 2 is 1.95 bits per heavy atom. The van der Waals surface area contributed by atoms with Crippen LogP contribution in [0.15, 0.2) is 18.2 Å². The van der Waals surface area contributed by atoms with Gasteiger partial charge in [-0.15, -0.1) is 0 Å². The SMILES string of the molecule is CCC(CC)N(CCO)c1ccc(C(C)N)c(Cl)c1. The topological polar surface area (TPSA) is 49.5 Å². The molecular formula is C15H25ClN2O. The van der Waals surface area contributed by atoms with Crippen molar-refractivity contribution in [2.75, 3.05) is 18.1 Å². The van der Waals surface area contributed by atoms with Crippen LogP contribution in [0.4, 0.5) is 5.69 Å². The predicted molar refractivity (Wildman–Crippen MR) is 82.9 cm³/mol. The van der Waals surface area contributed by atoms with E-state index in [0.717, 1.165) is 24.1 Å². The molecule has 3 nitrogen and oxygen atoms in total. The number of rotatable bonds is 7. The van der Waals surface area contributed by atoms with Crippen LogP contribution in [0.25, 0.3) is 0 Å². The van der Waals surface area contributed by atoms with Crippen LogP contribution in [-0.4, -0.2) is 24.3 Å². The van der Waals surface area contributed by atoms with Crippen molar-refractivity contribution in [3.63, 3.8) is 0 Å². The van der Waals surface area contributed by atoms with E-state index in [4.69, 9.17) is 17.3 Å². The molecule has 1 atom stereocenters. The lowest BCUT2D eigenvalue weighted by Gasteiger charge is -2.32. The highest BCUT2D eigenvalue weighted by atomic mass is 35.5. The summed E-state index contributed by atoms with van der Waals surface area (Å²) in [7, 11) is 0. The van der Waals surface area contributed by atoms with Gasteiger partial charge in [0.1, 0.15) is 0 Å². The van der Waals surface area contributed by atoms with E-state index in [0.29, 0.717) is 17.6 Å². The molecule has 1 unspecified atom stereocenters. The fourth-order valence-electron chi connectivity index (χ4n) is 2.42. The van der Waals surface area contributed by atoms with Crippen molar-refractivity contribution in [1.82, 2.24) is 0 Å². The van der Waals surface area contributed by atoms with Crippen molar-refractivity contribution in [2.45, 2.75) is 45.7 Å². The van der Waals surface area contributed by atoms with Crippen LogP contribution in [0.2, 0.25) is 5.02 Å². The molecule has 0 saturated carbocycles. The van der Waals surface area contributed by atoms with Crippen LogP contribution in [0.1, 0.15) is 45.2 Å². The summed E-state index contributed by atoms with van der Waals surface area (Å²) in [5.74, 6) is 0. The molecule has 0 amide bonds. The zero-order chi connectivity index (χ0) is 14.4. The molecule has 108 valence electrons. The Morgan fingerprint density at radius 1 is 1.32 bits per heavy atom. The molecule has 19 heavy (non-hydrogen) atoms. The smallest absolute Gasteiger partial charge is 0.0606 e. The second-order valence-electron chi connectivity index (χ2n) is 4.88. The highest BCUT2D eigenvalue weighted by Crippen LogP contribution is 2.28. The van der Waals surface area contributed by atoms with Crippen molar-refractivity contribution >= 4 is 17.3 Å². The minimum atomic E-state index is -0.0685. The maximum absolute atomic E-state index is 9.26. The van der Waals surface area contributed by atoms with Gasteiger partial charge in [0.25, 0.3) is 0 Å². The number of halogens is 1. The number of nitrogens with zero attached hydrogens (tertiary/aromatic N) is 1. The molecule has 0 spiro atoms. The molecule has 0 aliphatic rings. The van der Waals surface area contributed by atoms with Gasteiger partial charge in [0.05, 0.1) is 6.61 Å². The summed E-state index contributed by atoms with van der Waals surface area (Å²) >= 11 is 6.29. The van der Waals surface area contributed by atoms with Gasteiger partial charge in [-0.3, -0.25) is 0 Å². The number of benzene rings is 1. The van der Waals surface area contributed by atoms with Gasteiger partial charge in [-0.1, -0.05) is 31.5 Å². The van der Waals surface area contributed by atoms with Crippen molar-refractivity contribution in [1.29, 1.82) is 0 Å². The van der Waals surface area contributed by atoms with Crippen LogP contribution < -0.4 is 10.6 Å². The third kappa shape index (κ3) is 4.10. The summed E-state index contributed by atoms with van der Waals surface area (Å²) in [6.07, 6.45) is 2.09. The molecule has 0 fully saturated rings. The Bertz CT molecular complexity index is 392. The number of aliphatic hydroxyl groups is 1. The van der Waals surface area contributed by atoms with Crippen molar-refractivity contribution < 1.29 is 5.11 Å². The molecule has 0 aliphatic heterocycles. The lowest BCUT2D eigenvalue weighted by molar-refractivity contribution is 0.296. The normalized spacial score (nSPS) is 12.8. The van der Waals surface area contributed by atoms with Gasteiger partial charge >= 0.3 is 0 Å². The van der Waals surface area contributed by atoms with Crippen LogP contribution in [0.3, 0.4) is 0 Å². The predicted octanol–water partition coefficient (Wildman–Crippen LogP) is 3.35. The second-order valence-corrected chi connectivity index (χ2v) is 5.29. The van der Waals surface area contributed by atoms with Crippen LogP contribution in [0, 0.1) is 0 Å². The quantitative estimate of drug-likeness (QED) is 0.807. The van der Waals surface area contributed by atoms with E-state index in [2.05, 4.69) is 18.7 Å². The lowest BCUT2D eigenvalue weighted by Crippen LogP contribution is -2.36. The zero-order valence-corrected chi connectivity index (χ0v) is 12.8. The number of anilines is 1. The standard InChI is InChI=1S/C15H25ClN2O/c1-4-12(5-2)18(8-9-19)13-6-7-14(11(3)17)15(16)10-13/h6-7,10-12,19H,4-5,8-9,17H2,1-3H3. The molecule has 1 rings (SSSR count). The van der Waals surface area contributed by atoms with Crippen LogP contribution >= 0.6 is 11.6 Å². The highest BCUT2D eigenvalue weighted by molar-refractivity contribution is 6.31. The monoisotopic (exact) mass is 284 g/mol. The number of aliphatic hydroxyl groups excluding tert-OH is 1. The van der Waals surface area contributed by atoms with E-state index in [1.54, 1.807) is 0 Å². The molecule has 1 aromatic carbocycles. The molecular weight excluding hydrogens is 260 g/mol. The van der Waals surface area contributed by atoms with Crippen LogP contribution in [-0.2, 0) is 0 Å². The first kappa shape index (κ1) is 16.3. The Hall–Kier alpha value is -0.770. The highest BCUT2D eigenvalue weighted by Gasteiger charge is 2.16. The second kappa shape index (κ2) is 7.73. The van der Waals surface area contributed by atoms with Crippen molar-refractivity contribution in [3.8, 4) is 0 Å². The Labute approximate surface area is 121 Å². The zero-order valence-electron chi connectivity index (χ0n) is 12.1. The average molecular weight is 285 g/mol. The summed E-state index contributed by atoms with van der Waals surface area (Å²) in [6, 6.07) is 6.33. The minimum Gasteiger partial charge on any atom is -0.395 e. The van der Waals surface area contributed by atoms with E-state index in [1.165, 1.54) is 0 Å². The first-order valence-electron chi connectivity index (χ1n) is 6.97. The molecule has 1 aromatic rings. The molecule has 0 saturated heterocycles. The molecule has 0 aliphatic carbocycles. The molecule has 0 bridgehead atoms. The van der Waals surface area contributed by atoms with Crippen LogP contribution in [0.5, 0.6) is 0 Å². The third-order valence-corrected chi connectivity index (χ3v) is 3.86. The Morgan fingerprint density at radius 3 is 2.37 bits per heavy atom. The molecule has 0 aromatic heterocycles. The maximum atomic E-state index is 9.26. The first-order chi connectivity index (χ1) is 9.04. The van der Waals surface area contributed by atoms with E-state index >= 15 is 0 Å². The number of nitrogens with two attached hydrogens (primary N) is 1. The van der Waals surface area contributed by atoms with E-state index in [-0.39, 0.29) is 12.6 Å². The largest absolute Gasteiger partial charge is 0.395 e. The lowest BCUT2D eigenvalue weighted by atomic mass is 10.1. The van der Waals surface area contributed by atoms with Gasteiger partial charge in [0.2, 0.25) is 0 Å². The third-order valence-electron chi connectivity index (χ3n) is 3.53. The molecule has 0 radical (unpaired) electrons. The van der Waals surface area contributed by atoms with E-state index in [9.17, 15) is 5.11 Å². The average Bonchev–Trinajstić information content (AvgIpc) is 2.38. The van der Waals surface area contributed by atoms with E-state index in [1.807, 2.05) is 25.1 Å². The Balaban J connectivity index is 3.06. The minimum absolute atomic E-state index is 0.0685. The van der Waals surface area contributed by atoms with Gasteiger partial charge in [0, 0.05) is 29.3 Å². The summed E-state index contributed by atoms with van der Waals surface area (Å²) in [5.41, 5.74) is 7.88. The maximum Gasteiger partial charge on any atom is 0.0606 e. The summed E-state index contributed by atoms with van der Waals surface area (Å²) < 4.78 is 0. The van der Waals surface area contributed by atoms with E-state index < -0.39 is 0 Å². The summed E-state index contributed by atoms with van der Waals surface area (Å²) in [5, 5.41) is 9.95. The molecule has 4 heteroatoms. The molecule has 3 N–H and O–H groups in total. The number of hydrogen-bond acceptors (Lipinski definition) is 3. The molecule has 0 heterocycles. The van der Waals surface area contributed by atoms with Gasteiger partial charge < -0.3 is 15.7 Å². The van der Waals surface area contributed by atoms with Crippen molar-refractivity contribution in [3.05, 3.63) is 28.8 Å². The van der Waals surface area contributed by atoms with Gasteiger partial charge in [-0.05, 0) is 37.5 Å².